The van der Waals surface area contributed by atoms with Crippen LogP contribution in [0.3, 0.4) is 0 Å². The Kier molecular flexibility index (Phi) is 7.81. The van der Waals surface area contributed by atoms with E-state index in [4.69, 9.17) is 21.7 Å². The maximum Gasteiger partial charge on any atom is 0.266 e. The van der Waals surface area contributed by atoms with Gasteiger partial charge in [0.2, 0.25) is 0 Å². The standard InChI is InChI=1S/C27H25NO3S2/c1-20-7-5-10-24(17-20)31-16-6-15-30-23-13-11-21(12-14-23)18-25-26(29)28(27(32)33-25)19-22-8-3-2-4-9-22/h2-5,7-14,17-18H,6,15-16,19H2,1H3/b25-18+. The Bertz CT molecular complexity index is 1140. The molecule has 1 amide bonds. The van der Waals surface area contributed by atoms with Gasteiger partial charge in [-0.3, -0.25) is 9.69 Å². The molecule has 0 radical (unpaired) electrons. The predicted molar refractivity (Wildman–Crippen MR) is 138 cm³/mol. The molecule has 1 aliphatic rings. The first-order valence-corrected chi connectivity index (χ1v) is 12.0. The molecule has 0 aliphatic carbocycles. The van der Waals surface area contributed by atoms with Crippen molar-refractivity contribution in [3.63, 3.8) is 0 Å². The average Bonchev–Trinajstić information content (AvgIpc) is 3.08. The van der Waals surface area contributed by atoms with Crippen molar-refractivity contribution in [2.75, 3.05) is 13.2 Å². The summed E-state index contributed by atoms with van der Waals surface area (Å²) in [7, 11) is 0. The van der Waals surface area contributed by atoms with Crippen molar-refractivity contribution in [2.24, 2.45) is 0 Å². The van der Waals surface area contributed by atoms with E-state index < -0.39 is 0 Å². The number of benzene rings is 3. The van der Waals surface area contributed by atoms with Gasteiger partial charge in [-0.05, 0) is 54.0 Å². The number of ether oxygens (including phenoxy) is 2. The van der Waals surface area contributed by atoms with Gasteiger partial charge in [0, 0.05) is 6.42 Å². The lowest BCUT2D eigenvalue weighted by molar-refractivity contribution is -0.122. The summed E-state index contributed by atoms with van der Waals surface area (Å²) in [6.45, 7) is 3.71. The predicted octanol–water partition coefficient (Wildman–Crippen LogP) is 6.24. The Morgan fingerprint density at radius 2 is 1.64 bits per heavy atom. The molecule has 0 bridgehead atoms. The van der Waals surface area contributed by atoms with E-state index in [9.17, 15) is 4.79 Å². The van der Waals surface area contributed by atoms with Crippen LogP contribution in [0.5, 0.6) is 11.5 Å². The summed E-state index contributed by atoms with van der Waals surface area (Å²) in [6, 6.07) is 25.6. The van der Waals surface area contributed by atoms with Crippen LogP contribution in [0.25, 0.3) is 6.08 Å². The van der Waals surface area contributed by atoms with Gasteiger partial charge in [0.25, 0.3) is 5.91 Å². The number of thioether (sulfide) groups is 1. The van der Waals surface area contributed by atoms with Crippen molar-refractivity contribution in [1.29, 1.82) is 0 Å². The largest absolute Gasteiger partial charge is 0.493 e. The highest BCUT2D eigenvalue weighted by molar-refractivity contribution is 8.26. The lowest BCUT2D eigenvalue weighted by Crippen LogP contribution is -2.27. The Labute approximate surface area is 204 Å². The molecular formula is C27H25NO3S2. The fourth-order valence-corrected chi connectivity index (χ4v) is 4.61. The van der Waals surface area contributed by atoms with Crippen LogP contribution in [-0.2, 0) is 11.3 Å². The number of hydrogen-bond donors (Lipinski definition) is 0. The molecule has 3 aromatic carbocycles. The van der Waals surface area contributed by atoms with E-state index in [-0.39, 0.29) is 5.91 Å². The summed E-state index contributed by atoms with van der Waals surface area (Å²) < 4.78 is 12.1. The third-order valence-corrected chi connectivity index (χ3v) is 6.43. The number of nitrogens with zero attached hydrogens (tertiary/aromatic N) is 1. The van der Waals surface area contributed by atoms with Crippen molar-refractivity contribution < 1.29 is 14.3 Å². The summed E-state index contributed by atoms with van der Waals surface area (Å²) in [5.41, 5.74) is 3.17. The minimum atomic E-state index is -0.0530. The van der Waals surface area contributed by atoms with E-state index in [0.29, 0.717) is 29.0 Å². The van der Waals surface area contributed by atoms with Gasteiger partial charge in [-0.15, -0.1) is 0 Å². The number of thiocarbonyl (C=S) groups is 1. The molecule has 1 saturated heterocycles. The van der Waals surface area contributed by atoms with Crippen molar-refractivity contribution >= 4 is 40.3 Å². The second kappa shape index (κ2) is 11.2. The van der Waals surface area contributed by atoms with Crippen LogP contribution in [-0.4, -0.2) is 28.3 Å². The second-order valence-corrected chi connectivity index (χ2v) is 9.37. The van der Waals surface area contributed by atoms with E-state index in [0.717, 1.165) is 29.0 Å². The van der Waals surface area contributed by atoms with Gasteiger partial charge < -0.3 is 9.47 Å². The first-order valence-electron chi connectivity index (χ1n) is 10.8. The molecule has 1 fully saturated rings. The maximum atomic E-state index is 12.8. The number of rotatable bonds is 9. The van der Waals surface area contributed by atoms with Crippen LogP contribution in [0.2, 0.25) is 0 Å². The highest BCUT2D eigenvalue weighted by Crippen LogP contribution is 2.33. The zero-order valence-corrected chi connectivity index (χ0v) is 20.0. The summed E-state index contributed by atoms with van der Waals surface area (Å²) >= 11 is 6.78. The molecule has 0 spiro atoms. The third kappa shape index (κ3) is 6.46. The number of aryl methyl sites for hydroxylation is 1. The molecule has 33 heavy (non-hydrogen) atoms. The Balaban J connectivity index is 1.26. The van der Waals surface area contributed by atoms with Crippen LogP contribution in [0, 0.1) is 6.92 Å². The van der Waals surface area contributed by atoms with Gasteiger partial charge in [0.1, 0.15) is 15.8 Å². The molecule has 1 aliphatic heterocycles. The minimum Gasteiger partial charge on any atom is -0.493 e. The Hall–Kier alpha value is -3.09. The summed E-state index contributed by atoms with van der Waals surface area (Å²) in [4.78, 5) is 15.1. The summed E-state index contributed by atoms with van der Waals surface area (Å²) in [5, 5.41) is 0. The third-order valence-electron chi connectivity index (χ3n) is 5.05. The van der Waals surface area contributed by atoms with Gasteiger partial charge >= 0.3 is 0 Å². The molecule has 0 unspecified atom stereocenters. The topological polar surface area (TPSA) is 38.8 Å². The average molecular weight is 476 g/mol. The SMILES string of the molecule is Cc1cccc(OCCCOc2ccc(/C=C3/SC(=S)N(Cc4ccccc4)C3=O)cc2)c1. The summed E-state index contributed by atoms with van der Waals surface area (Å²) in [6.07, 6.45) is 2.67. The quantitative estimate of drug-likeness (QED) is 0.208. The second-order valence-electron chi connectivity index (χ2n) is 7.69. The number of carbonyl (C=O) groups is 1. The van der Waals surface area contributed by atoms with Crippen LogP contribution < -0.4 is 9.47 Å². The highest BCUT2D eigenvalue weighted by Gasteiger charge is 2.31. The molecule has 4 rings (SSSR count). The fraction of sp³-hybridized carbons (Fsp3) is 0.185. The Morgan fingerprint density at radius 1 is 0.909 bits per heavy atom. The van der Waals surface area contributed by atoms with Gasteiger partial charge in [-0.1, -0.05) is 78.6 Å². The van der Waals surface area contributed by atoms with E-state index >= 15 is 0 Å². The van der Waals surface area contributed by atoms with Gasteiger partial charge in [-0.2, -0.15) is 0 Å². The highest BCUT2D eigenvalue weighted by atomic mass is 32.2. The molecule has 4 nitrogen and oxygen atoms in total. The minimum absolute atomic E-state index is 0.0530. The normalized spacial score (nSPS) is 14.7. The van der Waals surface area contributed by atoms with E-state index in [1.54, 1.807) is 4.90 Å². The number of carbonyl (C=O) groups excluding carboxylic acids is 1. The molecule has 0 N–H and O–H groups in total. The van der Waals surface area contributed by atoms with Crippen LogP contribution in [0.1, 0.15) is 23.1 Å². The lowest BCUT2D eigenvalue weighted by Gasteiger charge is -2.14. The fourth-order valence-electron chi connectivity index (χ4n) is 3.36. The molecule has 0 aromatic heterocycles. The van der Waals surface area contributed by atoms with Gasteiger partial charge in [0.05, 0.1) is 24.7 Å². The molecule has 1 heterocycles. The van der Waals surface area contributed by atoms with Gasteiger partial charge in [-0.25, -0.2) is 0 Å². The molecule has 168 valence electrons. The van der Waals surface area contributed by atoms with Crippen molar-refractivity contribution in [1.82, 2.24) is 4.90 Å². The monoisotopic (exact) mass is 475 g/mol. The zero-order chi connectivity index (χ0) is 23.0. The molecule has 0 atom stereocenters. The number of amides is 1. The zero-order valence-electron chi connectivity index (χ0n) is 18.4. The van der Waals surface area contributed by atoms with E-state index in [1.807, 2.05) is 91.9 Å². The lowest BCUT2D eigenvalue weighted by atomic mass is 10.2. The van der Waals surface area contributed by atoms with Crippen molar-refractivity contribution in [3.05, 3.63) is 100 Å². The van der Waals surface area contributed by atoms with E-state index in [2.05, 4.69) is 0 Å². The van der Waals surface area contributed by atoms with Gasteiger partial charge in [0.15, 0.2) is 0 Å². The molecule has 0 saturated carbocycles. The smallest absolute Gasteiger partial charge is 0.266 e. The number of hydrogen-bond acceptors (Lipinski definition) is 5. The first kappa shape index (κ1) is 23.1. The van der Waals surface area contributed by atoms with Crippen molar-refractivity contribution in [2.45, 2.75) is 19.9 Å². The van der Waals surface area contributed by atoms with E-state index in [1.165, 1.54) is 17.3 Å². The van der Waals surface area contributed by atoms with Crippen molar-refractivity contribution in [3.8, 4) is 11.5 Å². The molecule has 6 heteroatoms. The van der Waals surface area contributed by atoms with Crippen LogP contribution in [0.4, 0.5) is 0 Å². The molecule has 3 aromatic rings. The van der Waals surface area contributed by atoms with Crippen LogP contribution >= 0.6 is 24.0 Å². The van der Waals surface area contributed by atoms with Crippen LogP contribution in [0.15, 0.2) is 83.8 Å². The first-order chi connectivity index (χ1) is 16.1. The molecular weight excluding hydrogens is 450 g/mol. The summed E-state index contributed by atoms with van der Waals surface area (Å²) in [5.74, 6) is 1.62. The maximum absolute atomic E-state index is 12.8. The Morgan fingerprint density at radius 3 is 2.36 bits per heavy atom.